The van der Waals surface area contributed by atoms with Crippen LogP contribution in [-0.4, -0.2) is 21.9 Å². The van der Waals surface area contributed by atoms with Gasteiger partial charge in [-0.3, -0.25) is 9.69 Å². The highest BCUT2D eigenvalue weighted by molar-refractivity contribution is 7.17. The predicted octanol–water partition coefficient (Wildman–Crippen LogP) is 4.44. The molecule has 4 rings (SSSR count). The standard InChI is InChI=1S/C20H19N3O2S/c1-13(14-7-4-3-5-8-14)23(2)11-17-21-19(24)18-15(12-26-20(18)22-17)16-9-6-10-25-16/h3-10,12-13H,11H2,1-2H3,(H,21,22,24). The maximum Gasteiger partial charge on any atom is 0.260 e. The Balaban J connectivity index is 1.63. The zero-order valence-corrected chi connectivity index (χ0v) is 15.4. The zero-order chi connectivity index (χ0) is 18.1. The van der Waals surface area contributed by atoms with Crippen molar-refractivity contribution in [1.29, 1.82) is 0 Å². The van der Waals surface area contributed by atoms with Crippen LogP contribution in [0.4, 0.5) is 0 Å². The number of aromatic amines is 1. The zero-order valence-electron chi connectivity index (χ0n) is 14.6. The Hall–Kier alpha value is -2.70. The van der Waals surface area contributed by atoms with E-state index in [4.69, 9.17) is 4.42 Å². The lowest BCUT2D eigenvalue weighted by Crippen LogP contribution is -2.24. The predicted molar refractivity (Wildman–Crippen MR) is 104 cm³/mol. The van der Waals surface area contributed by atoms with E-state index in [2.05, 4.69) is 33.9 Å². The third-order valence-electron chi connectivity index (χ3n) is 4.62. The Morgan fingerprint density at radius 1 is 1.23 bits per heavy atom. The minimum Gasteiger partial charge on any atom is -0.464 e. The minimum absolute atomic E-state index is 0.126. The smallest absolute Gasteiger partial charge is 0.260 e. The Kier molecular flexibility index (Phi) is 4.44. The minimum atomic E-state index is -0.126. The van der Waals surface area contributed by atoms with Gasteiger partial charge in [-0.05, 0) is 31.7 Å². The molecular weight excluding hydrogens is 346 g/mol. The van der Waals surface area contributed by atoms with E-state index in [0.29, 0.717) is 23.5 Å². The van der Waals surface area contributed by atoms with Gasteiger partial charge >= 0.3 is 0 Å². The van der Waals surface area contributed by atoms with Gasteiger partial charge in [-0.25, -0.2) is 4.98 Å². The molecule has 1 N–H and O–H groups in total. The third kappa shape index (κ3) is 3.09. The Morgan fingerprint density at radius 2 is 2.04 bits per heavy atom. The number of nitrogens with one attached hydrogen (secondary N) is 1. The molecule has 132 valence electrons. The van der Waals surface area contributed by atoms with E-state index in [-0.39, 0.29) is 11.6 Å². The van der Waals surface area contributed by atoms with E-state index in [1.807, 2.05) is 42.8 Å². The van der Waals surface area contributed by atoms with Gasteiger partial charge < -0.3 is 9.40 Å². The molecule has 4 aromatic rings. The van der Waals surface area contributed by atoms with Gasteiger partial charge in [-0.15, -0.1) is 11.3 Å². The van der Waals surface area contributed by atoms with Crippen molar-refractivity contribution in [2.24, 2.45) is 0 Å². The summed E-state index contributed by atoms with van der Waals surface area (Å²) in [5.41, 5.74) is 1.90. The average molecular weight is 365 g/mol. The van der Waals surface area contributed by atoms with Crippen LogP contribution >= 0.6 is 11.3 Å². The summed E-state index contributed by atoms with van der Waals surface area (Å²) < 4.78 is 5.43. The van der Waals surface area contributed by atoms with E-state index in [1.54, 1.807) is 6.26 Å². The highest BCUT2D eigenvalue weighted by Gasteiger charge is 2.17. The lowest BCUT2D eigenvalue weighted by atomic mass is 10.1. The van der Waals surface area contributed by atoms with E-state index >= 15 is 0 Å². The van der Waals surface area contributed by atoms with Crippen molar-refractivity contribution in [3.8, 4) is 11.3 Å². The normalized spacial score (nSPS) is 12.7. The van der Waals surface area contributed by atoms with Crippen LogP contribution in [0.25, 0.3) is 21.5 Å². The molecule has 3 aromatic heterocycles. The number of benzene rings is 1. The van der Waals surface area contributed by atoms with Crippen molar-refractivity contribution >= 4 is 21.6 Å². The molecule has 26 heavy (non-hydrogen) atoms. The van der Waals surface area contributed by atoms with Crippen molar-refractivity contribution in [1.82, 2.24) is 14.9 Å². The topological polar surface area (TPSA) is 62.1 Å². The van der Waals surface area contributed by atoms with Crippen LogP contribution in [0, 0.1) is 0 Å². The number of fused-ring (bicyclic) bond motifs is 1. The number of hydrogen-bond acceptors (Lipinski definition) is 5. The van der Waals surface area contributed by atoms with Crippen molar-refractivity contribution in [2.75, 3.05) is 7.05 Å². The van der Waals surface area contributed by atoms with Crippen LogP contribution in [0.2, 0.25) is 0 Å². The number of hydrogen-bond donors (Lipinski definition) is 1. The van der Waals surface area contributed by atoms with Gasteiger partial charge in [0.05, 0.1) is 18.2 Å². The van der Waals surface area contributed by atoms with Crippen LogP contribution in [0.5, 0.6) is 0 Å². The van der Waals surface area contributed by atoms with Gasteiger partial charge in [0.25, 0.3) is 5.56 Å². The first kappa shape index (κ1) is 16.8. The molecule has 6 heteroatoms. The number of nitrogens with zero attached hydrogens (tertiary/aromatic N) is 2. The fraction of sp³-hybridized carbons (Fsp3) is 0.200. The molecule has 0 aliphatic carbocycles. The molecule has 0 amide bonds. The average Bonchev–Trinajstić information content (AvgIpc) is 3.31. The summed E-state index contributed by atoms with van der Waals surface area (Å²) >= 11 is 1.46. The fourth-order valence-electron chi connectivity index (χ4n) is 3.04. The second-order valence-electron chi connectivity index (χ2n) is 6.32. The quantitative estimate of drug-likeness (QED) is 0.568. The molecule has 1 atom stereocenters. The van der Waals surface area contributed by atoms with Crippen molar-refractivity contribution in [3.05, 3.63) is 75.8 Å². The number of furan rings is 1. The number of H-pyrrole nitrogens is 1. The second kappa shape index (κ2) is 6.90. The third-order valence-corrected chi connectivity index (χ3v) is 5.49. The Morgan fingerprint density at radius 3 is 2.77 bits per heavy atom. The van der Waals surface area contributed by atoms with Crippen LogP contribution in [0.3, 0.4) is 0 Å². The molecule has 1 aromatic carbocycles. The Bertz CT molecular complexity index is 1070. The summed E-state index contributed by atoms with van der Waals surface area (Å²) in [7, 11) is 2.03. The van der Waals surface area contributed by atoms with Gasteiger partial charge in [0.15, 0.2) is 0 Å². The van der Waals surface area contributed by atoms with Crippen molar-refractivity contribution in [3.63, 3.8) is 0 Å². The van der Waals surface area contributed by atoms with Crippen molar-refractivity contribution in [2.45, 2.75) is 19.5 Å². The molecule has 5 nitrogen and oxygen atoms in total. The SMILES string of the molecule is CC(c1ccccc1)N(C)Cc1nc2scc(-c3ccco3)c2c(=O)[nH]1. The van der Waals surface area contributed by atoms with Gasteiger partial charge in [0.1, 0.15) is 16.4 Å². The lowest BCUT2D eigenvalue weighted by Gasteiger charge is -2.24. The van der Waals surface area contributed by atoms with Crippen LogP contribution in [0.1, 0.15) is 24.4 Å². The maximum absolute atomic E-state index is 12.6. The van der Waals surface area contributed by atoms with Gasteiger partial charge in [-0.1, -0.05) is 30.3 Å². The monoisotopic (exact) mass is 365 g/mol. The first-order valence-corrected chi connectivity index (χ1v) is 9.31. The lowest BCUT2D eigenvalue weighted by molar-refractivity contribution is 0.247. The summed E-state index contributed by atoms with van der Waals surface area (Å²) in [4.78, 5) is 23.1. The molecule has 0 fully saturated rings. The second-order valence-corrected chi connectivity index (χ2v) is 7.18. The van der Waals surface area contributed by atoms with Gasteiger partial charge in [-0.2, -0.15) is 0 Å². The molecule has 0 spiro atoms. The molecular formula is C20H19N3O2S. The number of aromatic nitrogens is 2. The van der Waals surface area contributed by atoms with Gasteiger partial charge in [0, 0.05) is 17.0 Å². The highest BCUT2D eigenvalue weighted by Crippen LogP contribution is 2.31. The number of thiophene rings is 1. The van der Waals surface area contributed by atoms with Crippen LogP contribution in [-0.2, 0) is 6.54 Å². The van der Waals surface area contributed by atoms with Gasteiger partial charge in [0.2, 0.25) is 0 Å². The van der Waals surface area contributed by atoms with Crippen LogP contribution < -0.4 is 5.56 Å². The van der Waals surface area contributed by atoms with E-state index in [0.717, 1.165) is 10.4 Å². The first-order chi connectivity index (χ1) is 12.6. The van der Waals surface area contributed by atoms with Crippen molar-refractivity contribution < 1.29 is 4.42 Å². The molecule has 0 saturated carbocycles. The van der Waals surface area contributed by atoms with E-state index in [9.17, 15) is 4.79 Å². The molecule has 0 aliphatic rings. The fourth-order valence-corrected chi connectivity index (χ4v) is 3.99. The Labute approximate surface area is 154 Å². The maximum atomic E-state index is 12.6. The summed E-state index contributed by atoms with van der Waals surface area (Å²) in [6, 6.07) is 14.2. The summed E-state index contributed by atoms with van der Waals surface area (Å²) in [5.74, 6) is 1.35. The molecule has 0 aliphatic heterocycles. The molecule has 0 radical (unpaired) electrons. The summed E-state index contributed by atoms with van der Waals surface area (Å²) in [6.07, 6.45) is 1.61. The summed E-state index contributed by atoms with van der Waals surface area (Å²) in [6.45, 7) is 2.71. The van der Waals surface area contributed by atoms with E-state index in [1.165, 1.54) is 16.9 Å². The largest absolute Gasteiger partial charge is 0.464 e. The highest BCUT2D eigenvalue weighted by atomic mass is 32.1. The molecule has 3 heterocycles. The molecule has 1 unspecified atom stereocenters. The summed E-state index contributed by atoms with van der Waals surface area (Å²) in [5, 5.41) is 2.51. The number of rotatable bonds is 5. The first-order valence-electron chi connectivity index (χ1n) is 8.43. The molecule has 0 bridgehead atoms. The van der Waals surface area contributed by atoms with Crippen LogP contribution in [0.15, 0.2) is 63.3 Å². The van der Waals surface area contributed by atoms with E-state index < -0.39 is 0 Å². The molecule has 0 saturated heterocycles.